The first kappa shape index (κ1) is 16.9. The molecule has 9 heteroatoms. The smallest absolute Gasteiger partial charge is 0.236 e. The Kier molecular flexibility index (Phi) is 4.79. The molecule has 1 saturated heterocycles. The molecule has 0 aliphatic carbocycles. The molecule has 9 nitrogen and oxygen atoms in total. The number of hydrogen-bond acceptors (Lipinski definition) is 8. The first-order valence-electron chi connectivity index (χ1n) is 8.93. The molecular weight excluding hydrogens is 336 g/mol. The molecule has 1 fully saturated rings. The Labute approximate surface area is 151 Å². The number of hydrogen-bond donors (Lipinski definition) is 0. The second-order valence-corrected chi connectivity index (χ2v) is 6.51. The maximum Gasteiger partial charge on any atom is 0.236 e. The average Bonchev–Trinajstić information content (AvgIpc) is 2.94. The molecule has 0 unspecified atom stereocenters. The number of rotatable bonds is 3. The summed E-state index contributed by atoms with van der Waals surface area (Å²) in [5, 5.41) is 3.74. The number of carbonyl (C=O) groups excluding carboxylic acids is 1. The zero-order valence-corrected chi connectivity index (χ0v) is 14.8. The van der Waals surface area contributed by atoms with Gasteiger partial charge in [0.25, 0.3) is 0 Å². The monoisotopic (exact) mass is 358 g/mol. The van der Waals surface area contributed by atoms with Crippen LogP contribution in [0.3, 0.4) is 0 Å². The lowest BCUT2D eigenvalue weighted by atomic mass is 10.1. The summed E-state index contributed by atoms with van der Waals surface area (Å²) in [5.74, 6) is 1.90. The number of anilines is 1. The fraction of sp³-hybridized carbons (Fsp3) is 0.588. The van der Waals surface area contributed by atoms with E-state index in [4.69, 9.17) is 9.26 Å². The molecule has 4 heterocycles. The van der Waals surface area contributed by atoms with E-state index in [1.54, 1.807) is 13.3 Å². The number of morpholine rings is 1. The second kappa shape index (κ2) is 7.36. The lowest BCUT2D eigenvalue weighted by Gasteiger charge is -2.29. The molecule has 0 spiro atoms. The van der Waals surface area contributed by atoms with E-state index in [9.17, 15) is 4.79 Å². The van der Waals surface area contributed by atoms with Crippen LogP contribution in [0, 0.1) is 6.92 Å². The lowest BCUT2D eigenvalue weighted by molar-refractivity contribution is -0.130. The predicted molar refractivity (Wildman–Crippen MR) is 91.8 cm³/mol. The Bertz CT molecular complexity index is 787. The van der Waals surface area contributed by atoms with Gasteiger partial charge in [-0.2, -0.15) is 4.98 Å². The van der Waals surface area contributed by atoms with Gasteiger partial charge in [-0.15, -0.1) is 0 Å². The minimum atomic E-state index is 0.00216. The zero-order chi connectivity index (χ0) is 17.9. The summed E-state index contributed by atoms with van der Waals surface area (Å²) < 4.78 is 10.5. The number of aryl methyl sites for hydroxylation is 1. The standard InChI is InChI=1S/C17H22N6O3/c1-12-20-15(26-21-12)10-16(24)22-4-2-13-14(3-5-22)18-11-19-17(13)23-6-8-25-9-7-23/h11H,2-10H2,1H3. The summed E-state index contributed by atoms with van der Waals surface area (Å²) in [6.07, 6.45) is 3.24. The van der Waals surface area contributed by atoms with Crippen molar-refractivity contribution in [1.29, 1.82) is 0 Å². The summed E-state index contributed by atoms with van der Waals surface area (Å²) >= 11 is 0. The molecule has 138 valence electrons. The van der Waals surface area contributed by atoms with Crippen LogP contribution in [0.1, 0.15) is 23.0 Å². The first-order chi connectivity index (χ1) is 12.7. The van der Waals surface area contributed by atoms with E-state index in [1.165, 1.54) is 0 Å². The van der Waals surface area contributed by atoms with Crippen LogP contribution in [0.25, 0.3) is 0 Å². The van der Waals surface area contributed by atoms with Gasteiger partial charge in [0.2, 0.25) is 11.8 Å². The van der Waals surface area contributed by atoms with Crippen LogP contribution in [-0.4, -0.2) is 70.3 Å². The molecule has 2 aliphatic rings. The van der Waals surface area contributed by atoms with Crippen molar-refractivity contribution in [1.82, 2.24) is 25.0 Å². The van der Waals surface area contributed by atoms with Crippen molar-refractivity contribution in [3.63, 3.8) is 0 Å². The Morgan fingerprint density at radius 1 is 1.15 bits per heavy atom. The summed E-state index contributed by atoms with van der Waals surface area (Å²) in [6, 6.07) is 0. The fourth-order valence-electron chi connectivity index (χ4n) is 3.46. The third-order valence-electron chi connectivity index (χ3n) is 4.80. The van der Waals surface area contributed by atoms with Crippen molar-refractivity contribution >= 4 is 11.7 Å². The molecule has 0 aromatic carbocycles. The molecule has 0 N–H and O–H groups in total. The molecule has 0 saturated carbocycles. The van der Waals surface area contributed by atoms with Crippen molar-refractivity contribution in [2.45, 2.75) is 26.2 Å². The van der Waals surface area contributed by atoms with Crippen LogP contribution < -0.4 is 4.90 Å². The van der Waals surface area contributed by atoms with E-state index in [1.807, 2.05) is 4.90 Å². The maximum atomic E-state index is 12.6. The zero-order valence-electron chi connectivity index (χ0n) is 14.8. The minimum absolute atomic E-state index is 0.00216. The van der Waals surface area contributed by atoms with E-state index in [0.29, 0.717) is 38.0 Å². The first-order valence-corrected chi connectivity index (χ1v) is 8.93. The van der Waals surface area contributed by atoms with Crippen molar-refractivity contribution < 1.29 is 14.1 Å². The van der Waals surface area contributed by atoms with Crippen LogP contribution in [0.5, 0.6) is 0 Å². The highest BCUT2D eigenvalue weighted by Gasteiger charge is 2.25. The molecular formula is C17H22N6O3. The summed E-state index contributed by atoms with van der Waals surface area (Å²) in [5.41, 5.74) is 2.18. The van der Waals surface area contributed by atoms with Gasteiger partial charge in [0.1, 0.15) is 18.6 Å². The van der Waals surface area contributed by atoms with Gasteiger partial charge >= 0.3 is 0 Å². The Balaban J connectivity index is 1.47. The number of ether oxygens (including phenoxy) is 1. The van der Waals surface area contributed by atoms with Crippen molar-refractivity contribution in [3.8, 4) is 0 Å². The molecule has 0 atom stereocenters. The van der Waals surface area contributed by atoms with Crippen LogP contribution in [0.2, 0.25) is 0 Å². The minimum Gasteiger partial charge on any atom is -0.378 e. The summed E-state index contributed by atoms with van der Waals surface area (Å²) in [6.45, 7) is 6.12. The van der Waals surface area contributed by atoms with Crippen LogP contribution in [-0.2, 0) is 28.8 Å². The maximum absolute atomic E-state index is 12.6. The average molecular weight is 358 g/mol. The number of amides is 1. The topological polar surface area (TPSA) is 97.5 Å². The summed E-state index contributed by atoms with van der Waals surface area (Å²) in [4.78, 5) is 29.8. The fourth-order valence-corrected chi connectivity index (χ4v) is 3.46. The van der Waals surface area contributed by atoms with Gasteiger partial charge in [-0.3, -0.25) is 4.79 Å². The van der Waals surface area contributed by atoms with Gasteiger partial charge in [-0.05, 0) is 13.3 Å². The number of aromatic nitrogens is 4. The molecule has 4 rings (SSSR count). The summed E-state index contributed by atoms with van der Waals surface area (Å²) in [7, 11) is 0. The Morgan fingerprint density at radius 2 is 1.96 bits per heavy atom. The third-order valence-corrected chi connectivity index (χ3v) is 4.80. The van der Waals surface area contributed by atoms with Crippen LogP contribution in [0.15, 0.2) is 10.9 Å². The van der Waals surface area contributed by atoms with E-state index >= 15 is 0 Å². The third kappa shape index (κ3) is 3.52. The highest BCUT2D eigenvalue weighted by Crippen LogP contribution is 2.24. The lowest BCUT2D eigenvalue weighted by Crippen LogP contribution is -2.37. The van der Waals surface area contributed by atoms with E-state index in [-0.39, 0.29) is 12.3 Å². The quantitative estimate of drug-likeness (QED) is 0.766. The van der Waals surface area contributed by atoms with Crippen LogP contribution >= 0.6 is 0 Å². The Morgan fingerprint density at radius 3 is 2.73 bits per heavy atom. The molecule has 0 radical (unpaired) electrons. The van der Waals surface area contributed by atoms with E-state index in [0.717, 1.165) is 43.0 Å². The highest BCUT2D eigenvalue weighted by molar-refractivity contribution is 5.78. The normalized spacial score (nSPS) is 17.7. The van der Waals surface area contributed by atoms with Crippen molar-refractivity contribution in [2.75, 3.05) is 44.3 Å². The van der Waals surface area contributed by atoms with Gasteiger partial charge in [0.05, 0.1) is 18.9 Å². The van der Waals surface area contributed by atoms with Crippen molar-refractivity contribution in [3.05, 3.63) is 29.3 Å². The number of fused-ring (bicyclic) bond motifs is 1. The molecule has 2 aliphatic heterocycles. The largest absolute Gasteiger partial charge is 0.378 e. The highest BCUT2D eigenvalue weighted by atomic mass is 16.5. The SMILES string of the molecule is Cc1noc(CC(=O)N2CCc3ncnc(N4CCOCC4)c3CC2)n1. The van der Waals surface area contributed by atoms with E-state index < -0.39 is 0 Å². The van der Waals surface area contributed by atoms with Gasteiger partial charge in [0.15, 0.2) is 5.82 Å². The Hall–Kier alpha value is -2.55. The van der Waals surface area contributed by atoms with Gasteiger partial charge in [0, 0.05) is 38.2 Å². The molecule has 26 heavy (non-hydrogen) atoms. The van der Waals surface area contributed by atoms with Gasteiger partial charge in [-0.1, -0.05) is 5.16 Å². The van der Waals surface area contributed by atoms with E-state index in [2.05, 4.69) is 25.0 Å². The number of nitrogens with zero attached hydrogens (tertiary/aromatic N) is 6. The van der Waals surface area contributed by atoms with Gasteiger partial charge in [-0.25, -0.2) is 9.97 Å². The molecule has 0 bridgehead atoms. The number of carbonyl (C=O) groups is 1. The van der Waals surface area contributed by atoms with Gasteiger partial charge < -0.3 is 19.1 Å². The molecule has 1 amide bonds. The molecule has 2 aromatic heterocycles. The second-order valence-electron chi connectivity index (χ2n) is 6.51. The van der Waals surface area contributed by atoms with Crippen LogP contribution in [0.4, 0.5) is 5.82 Å². The molecule has 2 aromatic rings. The predicted octanol–water partition coefficient (Wildman–Crippen LogP) is 0.175. The van der Waals surface area contributed by atoms with Crippen molar-refractivity contribution in [2.24, 2.45) is 0 Å².